The lowest BCUT2D eigenvalue weighted by Gasteiger charge is -2.21. The predicted molar refractivity (Wildman–Crippen MR) is 69.7 cm³/mol. The highest BCUT2D eigenvalue weighted by Crippen LogP contribution is 2.22. The van der Waals surface area contributed by atoms with Crippen LogP contribution in [0.5, 0.6) is 0 Å². The molecule has 2 heteroatoms. The van der Waals surface area contributed by atoms with E-state index in [0.717, 1.165) is 25.0 Å². The second kappa shape index (κ2) is 8.08. The van der Waals surface area contributed by atoms with Crippen molar-refractivity contribution in [1.29, 1.82) is 0 Å². The van der Waals surface area contributed by atoms with Crippen molar-refractivity contribution in [3.05, 3.63) is 0 Å². The van der Waals surface area contributed by atoms with Gasteiger partial charge in [0.05, 0.1) is 6.10 Å². The molecule has 1 fully saturated rings. The van der Waals surface area contributed by atoms with E-state index in [1.165, 1.54) is 38.6 Å². The molecule has 1 N–H and O–H groups in total. The molecule has 1 rings (SSSR count). The van der Waals surface area contributed by atoms with Gasteiger partial charge in [-0.05, 0) is 57.0 Å². The Morgan fingerprint density at radius 1 is 1.31 bits per heavy atom. The fraction of sp³-hybridized carbons (Fsp3) is 1.00. The Hall–Kier alpha value is -0.0800. The smallest absolute Gasteiger partial charge is 0.0576 e. The van der Waals surface area contributed by atoms with Gasteiger partial charge in [0.25, 0.3) is 0 Å². The molecule has 0 saturated carbocycles. The Kier molecular flexibility index (Phi) is 7.06. The predicted octanol–water partition coefficient (Wildman–Crippen LogP) is 3.22. The molecule has 96 valence electrons. The van der Waals surface area contributed by atoms with E-state index < -0.39 is 0 Å². The Bertz CT molecular complexity index is 166. The molecule has 0 aliphatic carbocycles. The van der Waals surface area contributed by atoms with Gasteiger partial charge in [-0.25, -0.2) is 0 Å². The third-order valence-electron chi connectivity index (χ3n) is 3.83. The monoisotopic (exact) mass is 227 g/mol. The number of hydrogen-bond acceptors (Lipinski definition) is 2. The van der Waals surface area contributed by atoms with E-state index in [-0.39, 0.29) is 0 Å². The van der Waals surface area contributed by atoms with Crippen LogP contribution in [0.25, 0.3) is 0 Å². The fourth-order valence-electron chi connectivity index (χ4n) is 2.31. The van der Waals surface area contributed by atoms with Crippen LogP contribution in [0.4, 0.5) is 0 Å². The lowest BCUT2D eigenvalue weighted by Crippen LogP contribution is -2.26. The van der Waals surface area contributed by atoms with E-state index in [4.69, 9.17) is 4.74 Å². The van der Waals surface area contributed by atoms with Crippen LogP contribution in [0.15, 0.2) is 0 Å². The van der Waals surface area contributed by atoms with E-state index in [1.54, 1.807) is 0 Å². The van der Waals surface area contributed by atoms with Gasteiger partial charge < -0.3 is 10.1 Å². The molecule has 16 heavy (non-hydrogen) atoms. The molecule has 0 aromatic heterocycles. The Morgan fingerprint density at radius 3 is 2.75 bits per heavy atom. The average Bonchev–Trinajstić information content (AvgIpc) is 2.79. The first kappa shape index (κ1) is 14.0. The first-order valence-electron chi connectivity index (χ1n) is 7.06. The van der Waals surface area contributed by atoms with Gasteiger partial charge in [0.1, 0.15) is 0 Å². The topological polar surface area (TPSA) is 21.3 Å². The van der Waals surface area contributed by atoms with Gasteiger partial charge in [0, 0.05) is 6.61 Å². The molecule has 1 saturated heterocycles. The van der Waals surface area contributed by atoms with Gasteiger partial charge in [0.15, 0.2) is 0 Å². The number of rotatable bonds is 8. The minimum atomic E-state index is 0.568. The number of hydrogen-bond donors (Lipinski definition) is 1. The van der Waals surface area contributed by atoms with Crippen LogP contribution in [-0.4, -0.2) is 25.8 Å². The molecule has 0 bridgehead atoms. The van der Waals surface area contributed by atoms with Gasteiger partial charge in [0.2, 0.25) is 0 Å². The summed E-state index contributed by atoms with van der Waals surface area (Å²) in [4.78, 5) is 0. The second-order valence-electron chi connectivity index (χ2n) is 5.37. The van der Waals surface area contributed by atoms with Crippen molar-refractivity contribution in [2.45, 2.75) is 59.0 Å². The first-order valence-corrected chi connectivity index (χ1v) is 7.06. The van der Waals surface area contributed by atoms with Gasteiger partial charge >= 0.3 is 0 Å². The summed E-state index contributed by atoms with van der Waals surface area (Å²) in [6.45, 7) is 10.3. The maximum Gasteiger partial charge on any atom is 0.0576 e. The summed E-state index contributed by atoms with van der Waals surface area (Å²) in [7, 11) is 0. The normalized spacial score (nSPS) is 24.6. The van der Waals surface area contributed by atoms with E-state index in [2.05, 4.69) is 26.1 Å². The molecule has 1 aliphatic heterocycles. The van der Waals surface area contributed by atoms with Crippen molar-refractivity contribution in [2.75, 3.05) is 19.7 Å². The number of nitrogens with one attached hydrogen (secondary N) is 1. The third-order valence-corrected chi connectivity index (χ3v) is 3.83. The molecule has 3 unspecified atom stereocenters. The second-order valence-corrected chi connectivity index (χ2v) is 5.37. The van der Waals surface area contributed by atoms with Crippen LogP contribution in [0.1, 0.15) is 52.9 Å². The maximum absolute atomic E-state index is 5.67. The van der Waals surface area contributed by atoms with E-state index in [9.17, 15) is 0 Å². The minimum absolute atomic E-state index is 0.568. The molecule has 3 atom stereocenters. The van der Waals surface area contributed by atoms with Crippen LogP contribution < -0.4 is 5.32 Å². The summed E-state index contributed by atoms with van der Waals surface area (Å²) < 4.78 is 5.67. The fourth-order valence-corrected chi connectivity index (χ4v) is 2.31. The maximum atomic E-state index is 5.67. The lowest BCUT2D eigenvalue weighted by atomic mass is 9.90. The van der Waals surface area contributed by atoms with E-state index in [1.807, 2.05) is 0 Å². The summed E-state index contributed by atoms with van der Waals surface area (Å²) >= 11 is 0. The molecule has 1 aliphatic rings. The Balaban J connectivity index is 2.05. The molecular weight excluding hydrogens is 198 g/mol. The molecule has 2 nitrogen and oxygen atoms in total. The van der Waals surface area contributed by atoms with Crippen LogP contribution in [0, 0.1) is 11.8 Å². The summed E-state index contributed by atoms with van der Waals surface area (Å²) in [5, 5.41) is 3.51. The SMILES string of the molecule is CCCNCC(C)C(C)CCC1CCCO1. The Morgan fingerprint density at radius 2 is 2.12 bits per heavy atom. The zero-order valence-electron chi connectivity index (χ0n) is 11.3. The molecule has 0 amide bonds. The zero-order chi connectivity index (χ0) is 11.8. The quantitative estimate of drug-likeness (QED) is 0.643. The van der Waals surface area contributed by atoms with Crippen LogP contribution >= 0.6 is 0 Å². The molecule has 0 aromatic rings. The van der Waals surface area contributed by atoms with Gasteiger partial charge in [-0.3, -0.25) is 0 Å². The molecule has 0 radical (unpaired) electrons. The van der Waals surface area contributed by atoms with Crippen molar-refractivity contribution < 1.29 is 4.74 Å². The van der Waals surface area contributed by atoms with Gasteiger partial charge in [-0.15, -0.1) is 0 Å². The molecule has 1 heterocycles. The summed E-state index contributed by atoms with van der Waals surface area (Å²) in [5.74, 6) is 1.60. The zero-order valence-corrected chi connectivity index (χ0v) is 11.3. The van der Waals surface area contributed by atoms with Crippen molar-refractivity contribution >= 4 is 0 Å². The third kappa shape index (κ3) is 5.31. The lowest BCUT2D eigenvalue weighted by molar-refractivity contribution is 0.0961. The van der Waals surface area contributed by atoms with Crippen molar-refractivity contribution in [2.24, 2.45) is 11.8 Å². The number of ether oxygens (including phenoxy) is 1. The molecular formula is C14H29NO. The van der Waals surface area contributed by atoms with Crippen molar-refractivity contribution in [3.8, 4) is 0 Å². The van der Waals surface area contributed by atoms with Crippen molar-refractivity contribution in [1.82, 2.24) is 5.32 Å². The van der Waals surface area contributed by atoms with Gasteiger partial charge in [-0.1, -0.05) is 20.8 Å². The molecule has 0 aromatic carbocycles. The highest BCUT2D eigenvalue weighted by atomic mass is 16.5. The standard InChI is InChI=1S/C14H29NO/c1-4-9-15-11-13(3)12(2)7-8-14-6-5-10-16-14/h12-15H,4-11H2,1-3H3. The van der Waals surface area contributed by atoms with E-state index in [0.29, 0.717) is 6.10 Å². The summed E-state index contributed by atoms with van der Waals surface area (Å²) in [6.07, 6.45) is 6.94. The first-order chi connectivity index (χ1) is 7.74. The van der Waals surface area contributed by atoms with E-state index >= 15 is 0 Å². The molecule has 0 spiro atoms. The summed E-state index contributed by atoms with van der Waals surface area (Å²) in [6, 6.07) is 0. The van der Waals surface area contributed by atoms with Crippen LogP contribution in [0.2, 0.25) is 0 Å². The largest absolute Gasteiger partial charge is 0.378 e. The Labute approximate surface area is 101 Å². The summed E-state index contributed by atoms with van der Waals surface area (Å²) in [5.41, 5.74) is 0. The minimum Gasteiger partial charge on any atom is -0.378 e. The highest BCUT2D eigenvalue weighted by Gasteiger charge is 2.18. The average molecular weight is 227 g/mol. The van der Waals surface area contributed by atoms with Crippen LogP contribution in [-0.2, 0) is 4.74 Å². The highest BCUT2D eigenvalue weighted by molar-refractivity contribution is 4.70. The van der Waals surface area contributed by atoms with Crippen molar-refractivity contribution in [3.63, 3.8) is 0 Å². The van der Waals surface area contributed by atoms with Crippen LogP contribution in [0.3, 0.4) is 0 Å². The van der Waals surface area contributed by atoms with Gasteiger partial charge in [-0.2, -0.15) is 0 Å².